The lowest BCUT2D eigenvalue weighted by molar-refractivity contribution is -0.684. The highest BCUT2D eigenvalue weighted by Crippen LogP contribution is 2.28. The minimum atomic E-state index is -0.521. The zero-order valence-electron chi connectivity index (χ0n) is 13.0. The highest BCUT2D eigenvalue weighted by Gasteiger charge is 2.16. The van der Waals surface area contributed by atoms with Crippen LogP contribution in [0.25, 0.3) is 0 Å². The number of amides is 1. The molecule has 1 N–H and O–H groups in total. The molecular weight excluding hydrogens is 298 g/mol. The van der Waals surface area contributed by atoms with Crippen molar-refractivity contribution >= 4 is 17.3 Å². The number of rotatable bonds is 6. The average molecular weight is 316 g/mol. The molecule has 2 aromatic rings. The Hall–Kier alpha value is -2.96. The number of carbonyl (C=O) groups is 1. The number of benzene rings is 1. The van der Waals surface area contributed by atoms with E-state index in [0.717, 1.165) is 6.42 Å². The molecule has 7 heteroatoms. The smallest absolute Gasteiger partial charge is 0.290 e. The molecule has 0 aliphatic rings. The summed E-state index contributed by atoms with van der Waals surface area (Å²) in [6, 6.07) is 7.95. The predicted octanol–water partition coefficient (Wildman–Crippen LogP) is 2.09. The average Bonchev–Trinajstić information content (AvgIpc) is 2.55. The number of ether oxygens (including phenoxy) is 1. The van der Waals surface area contributed by atoms with Crippen LogP contribution in [0.4, 0.5) is 11.4 Å². The maximum Gasteiger partial charge on any atom is 0.290 e. The van der Waals surface area contributed by atoms with E-state index in [-0.39, 0.29) is 23.8 Å². The Bertz CT molecular complexity index is 714. The molecule has 2 rings (SSSR count). The summed E-state index contributed by atoms with van der Waals surface area (Å²) in [7, 11) is 1.44. The Balaban J connectivity index is 2.12. The van der Waals surface area contributed by atoms with E-state index < -0.39 is 4.92 Å². The number of aromatic nitrogens is 1. The molecule has 0 aliphatic heterocycles. The number of nitro groups is 1. The van der Waals surface area contributed by atoms with E-state index in [2.05, 4.69) is 12.2 Å². The van der Waals surface area contributed by atoms with Gasteiger partial charge in [-0.1, -0.05) is 6.92 Å². The minimum Gasteiger partial charge on any atom is -0.495 e. The van der Waals surface area contributed by atoms with Crippen molar-refractivity contribution in [1.82, 2.24) is 0 Å². The number of carbonyl (C=O) groups excluding carboxylic acids is 1. The Morgan fingerprint density at radius 3 is 2.57 bits per heavy atom. The lowest BCUT2D eigenvalue weighted by Crippen LogP contribution is -2.39. The third-order valence-electron chi connectivity index (χ3n) is 3.36. The SMILES string of the molecule is CCc1cc[n+](CC(=O)Nc2cc([N+](=O)[O-])ccc2OC)cc1. The second-order valence-electron chi connectivity index (χ2n) is 4.92. The Labute approximate surface area is 133 Å². The molecule has 23 heavy (non-hydrogen) atoms. The van der Waals surface area contributed by atoms with Gasteiger partial charge in [0.1, 0.15) is 5.75 Å². The summed E-state index contributed by atoms with van der Waals surface area (Å²) in [5, 5.41) is 13.5. The van der Waals surface area contributed by atoms with Gasteiger partial charge in [0.25, 0.3) is 11.6 Å². The van der Waals surface area contributed by atoms with Crippen molar-refractivity contribution in [2.24, 2.45) is 0 Å². The van der Waals surface area contributed by atoms with Crippen molar-refractivity contribution in [2.75, 3.05) is 12.4 Å². The van der Waals surface area contributed by atoms with Gasteiger partial charge < -0.3 is 10.1 Å². The van der Waals surface area contributed by atoms with E-state index >= 15 is 0 Å². The number of nitrogens with one attached hydrogen (secondary N) is 1. The van der Waals surface area contributed by atoms with Gasteiger partial charge in [-0.2, -0.15) is 4.57 Å². The summed E-state index contributed by atoms with van der Waals surface area (Å²) in [6.45, 7) is 2.16. The first-order valence-electron chi connectivity index (χ1n) is 7.13. The van der Waals surface area contributed by atoms with Gasteiger partial charge in [-0.25, -0.2) is 0 Å². The van der Waals surface area contributed by atoms with Gasteiger partial charge >= 0.3 is 0 Å². The highest BCUT2D eigenvalue weighted by molar-refractivity contribution is 5.91. The number of nitrogens with zero attached hydrogens (tertiary/aromatic N) is 2. The van der Waals surface area contributed by atoms with Gasteiger partial charge in [0, 0.05) is 24.3 Å². The van der Waals surface area contributed by atoms with Gasteiger partial charge in [-0.3, -0.25) is 14.9 Å². The van der Waals surface area contributed by atoms with E-state index in [9.17, 15) is 14.9 Å². The molecule has 0 radical (unpaired) electrons. The molecule has 0 spiro atoms. The van der Waals surface area contributed by atoms with Gasteiger partial charge in [0.2, 0.25) is 6.54 Å². The van der Waals surface area contributed by atoms with Crippen LogP contribution >= 0.6 is 0 Å². The van der Waals surface area contributed by atoms with Crippen LogP contribution in [0.15, 0.2) is 42.7 Å². The summed E-state index contributed by atoms with van der Waals surface area (Å²) in [4.78, 5) is 22.4. The topological polar surface area (TPSA) is 85.3 Å². The van der Waals surface area contributed by atoms with Crippen LogP contribution in [0.5, 0.6) is 5.75 Å². The number of hydrogen-bond donors (Lipinski definition) is 1. The van der Waals surface area contributed by atoms with Gasteiger partial charge in [0.05, 0.1) is 17.7 Å². The monoisotopic (exact) mass is 316 g/mol. The van der Waals surface area contributed by atoms with E-state index in [1.54, 1.807) is 4.57 Å². The van der Waals surface area contributed by atoms with Crippen LogP contribution in [0.2, 0.25) is 0 Å². The van der Waals surface area contributed by atoms with Crippen LogP contribution < -0.4 is 14.6 Å². The molecule has 0 unspecified atom stereocenters. The zero-order valence-corrected chi connectivity index (χ0v) is 13.0. The normalized spacial score (nSPS) is 10.2. The maximum absolute atomic E-state index is 12.1. The fourth-order valence-corrected chi connectivity index (χ4v) is 2.09. The van der Waals surface area contributed by atoms with Crippen LogP contribution in [0.3, 0.4) is 0 Å². The first-order chi connectivity index (χ1) is 11.0. The van der Waals surface area contributed by atoms with Crippen LogP contribution in [0, 0.1) is 10.1 Å². The van der Waals surface area contributed by atoms with Gasteiger partial charge in [-0.15, -0.1) is 0 Å². The number of hydrogen-bond acceptors (Lipinski definition) is 4. The third-order valence-corrected chi connectivity index (χ3v) is 3.36. The fraction of sp³-hybridized carbons (Fsp3) is 0.250. The molecule has 120 valence electrons. The summed E-state index contributed by atoms with van der Waals surface area (Å²) < 4.78 is 6.85. The number of aryl methyl sites for hydroxylation is 1. The number of methoxy groups -OCH3 is 1. The van der Waals surface area contributed by atoms with Gasteiger partial charge in [0.15, 0.2) is 12.4 Å². The molecule has 1 aromatic carbocycles. The molecule has 7 nitrogen and oxygen atoms in total. The first kappa shape index (κ1) is 16.4. The van der Waals surface area contributed by atoms with E-state index in [1.807, 2.05) is 24.5 Å². The Morgan fingerprint density at radius 2 is 2.00 bits per heavy atom. The molecule has 0 saturated heterocycles. The van der Waals surface area contributed by atoms with Crippen molar-refractivity contribution in [3.63, 3.8) is 0 Å². The summed E-state index contributed by atoms with van der Waals surface area (Å²) in [5.74, 6) is 0.0772. The number of nitro benzene ring substituents is 1. The van der Waals surface area contributed by atoms with Crippen molar-refractivity contribution in [3.8, 4) is 5.75 Å². The fourth-order valence-electron chi connectivity index (χ4n) is 2.09. The van der Waals surface area contributed by atoms with Crippen LogP contribution in [-0.4, -0.2) is 17.9 Å². The molecule has 1 aromatic heterocycles. The summed E-state index contributed by atoms with van der Waals surface area (Å²) in [5.41, 5.74) is 1.35. The molecule has 0 bridgehead atoms. The van der Waals surface area contributed by atoms with Crippen molar-refractivity contribution < 1.29 is 19.0 Å². The zero-order chi connectivity index (χ0) is 16.8. The van der Waals surface area contributed by atoms with Crippen LogP contribution in [0.1, 0.15) is 12.5 Å². The number of pyridine rings is 1. The second kappa shape index (κ2) is 7.35. The van der Waals surface area contributed by atoms with Crippen molar-refractivity contribution in [3.05, 3.63) is 58.4 Å². The van der Waals surface area contributed by atoms with E-state index in [0.29, 0.717) is 5.75 Å². The Kier molecular flexibility index (Phi) is 5.24. The van der Waals surface area contributed by atoms with E-state index in [4.69, 9.17) is 4.74 Å². The second-order valence-corrected chi connectivity index (χ2v) is 4.92. The standard InChI is InChI=1S/C16H17N3O4/c1-3-12-6-8-18(9-7-12)11-16(20)17-14-10-13(19(21)22)4-5-15(14)23-2/h4-10H,3,11H2,1-2H3/p+1. The van der Waals surface area contributed by atoms with Crippen LogP contribution in [-0.2, 0) is 17.8 Å². The van der Waals surface area contributed by atoms with E-state index in [1.165, 1.54) is 30.9 Å². The Morgan fingerprint density at radius 1 is 1.30 bits per heavy atom. The molecule has 0 fully saturated rings. The third kappa shape index (κ3) is 4.26. The quantitative estimate of drug-likeness (QED) is 0.502. The molecule has 0 aliphatic carbocycles. The summed E-state index contributed by atoms with van der Waals surface area (Å²) >= 11 is 0. The van der Waals surface area contributed by atoms with Gasteiger partial charge in [-0.05, 0) is 18.1 Å². The maximum atomic E-state index is 12.1. The summed E-state index contributed by atoms with van der Waals surface area (Å²) in [6.07, 6.45) is 4.57. The molecule has 1 amide bonds. The largest absolute Gasteiger partial charge is 0.495 e. The number of anilines is 1. The van der Waals surface area contributed by atoms with Crippen molar-refractivity contribution in [1.29, 1.82) is 0 Å². The highest BCUT2D eigenvalue weighted by atomic mass is 16.6. The molecule has 1 heterocycles. The minimum absolute atomic E-state index is 0.107. The number of non-ortho nitro benzene ring substituents is 1. The molecular formula is C16H18N3O4+. The van der Waals surface area contributed by atoms with Crippen molar-refractivity contribution in [2.45, 2.75) is 19.9 Å². The molecule has 0 atom stereocenters. The lowest BCUT2D eigenvalue weighted by atomic mass is 10.2. The predicted molar refractivity (Wildman–Crippen MR) is 84.3 cm³/mol. The lowest BCUT2D eigenvalue weighted by Gasteiger charge is -2.08. The first-order valence-corrected chi connectivity index (χ1v) is 7.13. The molecule has 0 saturated carbocycles.